The van der Waals surface area contributed by atoms with Gasteiger partial charge in [0.25, 0.3) is 0 Å². The molecule has 0 radical (unpaired) electrons. The van der Waals surface area contributed by atoms with Gasteiger partial charge in [0.05, 0.1) is 13.2 Å². The minimum absolute atomic E-state index is 0.0172. The Morgan fingerprint density at radius 1 is 1.64 bits per heavy atom. The summed E-state index contributed by atoms with van der Waals surface area (Å²) in [5.74, 6) is -0.403. The summed E-state index contributed by atoms with van der Waals surface area (Å²) in [5.41, 5.74) is 0. The fourth-order valence-electron chi connectivity index (χ4n) is 0.603. The van der Waals surface area contributed by atoms with Crippen LogP contribution in [0.25, 0.3) is 0 Å². The molecule has 0 saturated carbocycles. The molecule has 0 aromatic carbocycles. The van der Waals surface area contributed by atoms with Gasteiger partial charge in [-0.25, -0.2) is 9.18 Å². The van der Waals surface area contributed by atoms with E-state index in [4.69, 9.17) is 9.84 Å². The molecule has 0 spiro atoms. The van der Waals surface area contributed by atoms with Crippen molar-refractivity contribution in [2.24, 2.45) is 5.92 Å². The molecular weight excluding hydrogens is 189 g/mol. The van der Waals surface area contributed by atoms with Crippen LogP contribution in [-0.2, 0) is 4.74 Å². The highest BCUT2D eigenvalue weighted by molar-refractivity contribution is 5.67. The predicted octanol–water partition coefficient (Wildman–Crippen LogP) is 1.21. The monoisotopic (exact) mass is 205 g/mol. The summed E-state index contributed by atoms with van der Waals surface area (Å²) in [6, 6.07) is 0. The third kappa shape index (κ3) is 7.54. The largest absolute Gasteiger partial charge is 0.449 e. The number of aliphatic hydroxyl groups excluding tert-OH is 1. The number of ether oxygens (including phenoxy) is 1. The van der Waals surface area contributed by atoms with Crippen molar-refractivity contribution in [3.8, 4) is 0 Å². The van der Waals surface area contributed by atoms with Crippen LogP contribution in [0.5, 0.6) is 0 Å². The van der Waals surface area contributed by atoms with Crippen LogP contribution in [-0.4, -0.2) is 31.0 Å². The van der Waals surface area contributed by atoms with Crippen molar-refractivity contribution in [2.75, 3.05) is 19.8 Å². The second-order valence-corrected chi connectivity index (χ2v) is 3.18. The van der Waals surface area contributed by atoms with Crippen molar-refractivity contribution in [1.29, 1.82) is 0 Å². The molecule has 4 nitrogen and oxygen atoms in total. The average Bonchev–Trinajstić information content (AvgIpc) is 2.14. The number of alkyl carbamates (subject to hydrolysis) is 1. The molecule has 0 aliphatic heterocycles. The zero-order valence-corrected chi connectivity index (χ0v) is 8.42. The quantitative estimate of drug-likeness (QED) is 0.709. The second kappa shape index (κ2) is 7.32. The number of rotatable bonds is 5. The number of nitrogens with one attached hydrogen (secondary N) is 1. The average molecular weight is 205 g/mol. The van der Waals surface area contributed by atoms with Crippen LogP contribution in [0.3, 0.4) is 0 Å². The van der Waals surface area contributed by atoms with Crippen molar-refractivity contribution in [3.63, 3.8) is 0 Å². The molecule has 1 amide bonds. The highest BCUT2D eigenvalue weighted by Gasteiger charge is 2.01. The third-order valence-electron chi connectivity index (χ3n) is 1.27. The van der Waals surface area contributed by atoms with E-state index >= 15 is 0 Å². The Balaban J connectivity index is 3.54. The van der Waals surface area contributed by atoms with Gasteiger partial charge in [-0.05, 0) is 12.0 Å². The van der Waals surface area contributed by atoms with Gasteiger partial charge >= 0.3 is 6.09 Å². The summed E-state index contributed by atoms with van der Waals surface area (Å²) in [6.07, 6.45) is 0.497. The molecule has 0 unspecified atom stereocenters. The smallest absolute Gasteiger partial charge is 0.407 e. The van der Waals surface area contributed by atoms with Crippen molar-refractivity contribution < 1.29 is 19.0 Å². The maximum atomic E-state index is 12.3. The first-order valence-corrected chi connectivity index (χ1v) is 4.42. The number of aliphatic hydroxyl groups is 1. The first-order chi connectivity index (χ1) is 6.56. The van der Waals surface area contributed by atoms with E-state index < -0.39 is 18.5 Å². The molecule has 0 aliphatic carbocycles. The molecule has 0 bridgehead atoms. The maximum absolute atomic E-state index is 12.3. The number of hydrogen-bond acceptors (Lipinski definition) is 3. The fraction of sp³-hybridized carbons (Fsp3) is 0.667. The van der Waals surface area contributed by atoms with Crippen molar-refractivity contribution in [3.05, 3.63) is 11.9 Å². The summed E-state index contributed by atoms with van der Waals surface area (Å²) in [4.78, 5) is 10.9. The first kappa shape index (κ1) is 12.9. The van der Waals surface area contributed by atoms with Gasteiger partial charge in [0, 0.05) is 6.54 Å². The van der Waals surface area contributed by atoms with E-state index in [1.807, 2.05) is 13.8 Å². The van der Waals surface area contributed by atoms with Gasteiger partial charge in [-0.3, -0.25) is 0 Å². The van der Waals surface area contributed by atoms with E-state index in [9.17, 15) is 9.18 Å². The maximum Gasteiger partial charge on any atom is 0.407 e. The number of hydrogen-bond donors (Lipinski definition) is 2. The van der Waals surface area contributed by atoms with Gasteiger partial charge in [-0.1, -0.05) is 13.8 Å². The molecule has 14 heavy (non-hydrogen) atoms. The summed E-state index contributed by atoms with van der Waals surface area (Å²) in [7, 11) is 0. The standard InChI is InChI=1S/C9H16FNO3/c1-7(2)6-14-9(13)11-4-3-8(10)5-12/h3,7,12H,4-6H2,1-2H3,(H,11,13). The van der Waals surface area contributed by atoms with Crippen LogP contribution in [0.2, 0.25) is 0 Å². The zero-order chi connectivity index (χ0) is 11.0. The molecule has 5 heteroatoms. The molecule has 0 aliphatic rings. The minimum Gasteiger partial charge on any atom is -0.449 e. The summed E-state index contributed by atoms with van der Waals surface area (Å²) < 4.78 is 17.1. The topological polar surface area (TPSA) is 58.6 Å². The van der Waals surface area contributed by atoms with Gasteiger partial charge in [-0.15, -0.1) is 0 Å². The van der Waals surface area contributed by atoms with E-state index in [1.165, 1.54) is 0 Å². The Morgan fingerprint density at radius 2 is 2.29 bits per heavy atom. The number of halogens is 1. The lowest BCUT2D eigenvalue weighted by Gasteiger charge is -2.06. The first-order valence-electron chi connectivity index (χ1n) is 4.42. The Hall–Kier alpha value is -1.10. The van der Waals surface area contributed by atoms with Gasteiger partial charge in [0.2, 0.25) is 0 Å². The Kier molecular flexibility index (Phi) is 6.74. The van der Waals surface area contributed by atoms with Crippen LogP contribution in [0.1, 0.15) is 13.8 Å². The lowest BCUT2D eigenvalue weighted by atomic mass is 10.2. The number of amides is 1. The lowest BCUT2D eigenvalue weighted by Crippen LogP contribution is -2.25. The van der Waals surface area contributed by atoms with E-state index in [1.54, 1.807) is 0 Å². The molecule has 0 saturated heterocycles. The number of carbonyl (C=O) groups is 1. The fourth-order valence-corrected chi connectivity index (χ4v) is 0.603. The molecule has 82 valence electrons. The normalized spacial score (nSPS) is 11.6. The van der Waals surface area contributed by atoms with Crippen LogP contribution >= 0.6 is 0 Å². The minimum atomic E-state index is -0.672. The zero-order valence-electron chi connectivity index (χ0n) is 8.42. The van der Waals surface area contributed by atoms with Gasteiger partial charge < -0.3 is 15.2 Å². The van der Waals surface area contributed by atoms with Crippen LogP contribution in [0.4, 0.5) is 9.18 Å². The third-order valence-corrected chi connectivity index (χ3v) is 1.27. The summed E-state index contributed by atoms with van der Waals surface area (Å²) in [5, 5.41) is 10.6. The van der Waals surface area contributed by atoms with E-state index in [-0.39, 0.29) is 12.5 Å². The Bertz CT molecular complexity index is 204. The SMILES string of the molecule is CC(C)COC(=O)NCC=C(F)CO. The molecule has 2 N–H and O–H groups in total. The van der Waals surface area contributed by atoms with Gasteiger partial charge in [-0.2, -0.15) is 0 Å². The Labute approximate surface area is 82.8 Å². The highest BCUT2D eigenvalue weighted by atomic mass is 19.1. The highest BCUT2D eigenvalue weighted by Crippen LogP contribution is 1.93. The molecule has 0 aromatic rings. The van der Waals surface area contributed by atoms with Crippen LogP contribution in [0.15, 0.2) is 11.9 Å². The van der Waals surface area contributed by atoms with Crippen molar-refractivity contribution >= 4 is 6.09 Å². The second-order valence-electron chi connectivity index (χ2n) is 3.18. The van der Waals surface area contributed by atoms with E-state index in [2.05, 4.69) is 5.32 Å². The molecular formula is C9H16FNO3. The van der Waals surface area contributed by atoms with E-state index in [0.29, 0.717) is 6.61 Å². The van der Waals surface area contributed by atoms with Crippen LogP contribution < -0.4 is 5.32 Å². The predicted molar refractivity (Wildman–Crippen MR) is 50.5 cm³/mol. The van der Waals surface area contributed by atoms with E-state index in [0.717, 1.165) is 6.08 Å². The molecule has 0 rings (SSSR count). The van der Waals surface area contributed by atoms with Gasteiger partial charge in [0.1, 0.15) is 5.83 Å². The van der Waals surface area contributed by atoms with Crippen LogP contribution in [0, 0.1) is 5.92 Å². The van der Waals surface area contributed by atoms with Gasteiger partial charge in [0.15, 0.2) is 0 Å². The molecule has 0 atom stereocenters. The molecule has 0 fully saturated rings. The molecule has 0 heterocycles. The summed E-state index contributed by atoms with van der Waals surface area (Å²) >= 11 is 0. The van der Waals surface area contributed by atoms with Crippen molar-refractivity contribution in [1.82, 2.24) is 5.32 Å². The van der Waals surface area contributed by atoms with Crippen molar-refractivity contribution in [2.45, 2.75) is 13.8 Å². The lowest BCUT2D eigenvalue weighted by molar-refractivity contribution is 0.134. The summed E-state index contributed by atoms with van der Waals surface area (Å²) in [6.45, 7) is 3.53. The molecule has 0 aromatic heterocycles. The number of carbonyl (C=O) groups excluding carboxylic acids is 1. The Morgan fingerprint density at radius 3 is 2.79 bits per heavy atom.